The van der Waals surface area contributed by atoms with Crippen LogP contribution in [0.5, 0.6) is 0 Å². The van der Waals surface area contributed by atoms with E-state index in [0.717, 1.165) is 24.2 Å². The van der Waals surface area contributed by atoms with E-state index >= 15 is 0 Å². The van der Waals surface area contributed by atoms with E-state index in [2.05, 4.69) is 20.1 Å². The lowest BCUT2D eigenvalue weighted by molar-refractivity contribution is 0.00853. The van der Waals surface area contributed by atoms with E-state index in [-0.39, 0.29) is 11.8 Å². The molecular weight excluding hydrogens is 488 g/mol. The standard InChI is InChI=1S/C27H26N6O3S/c1-18-2-4-19(5-3-18)23-29-30-24(36-23)20-6-8-21(9-7-20)26(34)33-16-22(17-33)31-11-13-32(14-12-31)27(35)25-28-10-15-37-25/h2-10,15,22H,11-14,16-17H2,1H3. The van der Waals surface area contributed by atoms with Crippen LogP contribution in [0.25, 0.3) is 22.9 Å². The molecule has 0 bridgehead atoms. The van der Waals surface area contributed by atoms with Crippen LogP contribution in [0.4, 0.5) is 0 Å². The predicted octanol–water partition coefficient (Wildman–Crippen LogP) is 3.45. The highest BCUT2D eigenvalue weighted by molar-refractivity contribution is 7.11. The van der Waals surface area contributed by atoms with Gasteiger partial charge in [-0.1, -0.05) is 17.7 Å². The number of carbonyl (C=O) groups excluding carboxylic acids is 2. The van der Waals surface area contributed by atoms with Crippen molar-refractivity contribution in [2.45, 2.75) is 13.0 Å². The van der Waals surface area contributed by atoms with Crippen LogP contribution in [0.2, 0.25) is 0 Å². The number of aromatic nitrogens is 3. The fourth-order valence-corrected chi connectivity index (χ4v) is 5.30. The first-order chi connectivity index (χ1) is 18.0. The van der Waals surface area contributed by atoms with Crippen LogP contribution in [0.15, 0.2) is 64.5 Å². The Bertz CT molecular complexity index is 1390. The molecule has 0 radical (unpaired) electrons. The molecule has 2 saturated heterocycles. The number of hydrogen-bond acceptors (Lipinski definition) is 8. The number of amides is 2. The molecule has 2 aliphatic rings. The minimum absolute atomic E-state index is 0.00964. The van der Waals surface area contributed by atoms with E-state index in [1.54, 1.807) is 6.20 Å². The first kappa shape index (κ1) is 23.5. The number of nitrogens with zero attached hydrogens (tertiary/aromatic N) is 6. The summed E-state index contributed by atoms with van der Waals surface area (Å²) in [4.78, 5) is 35.7. The molecule has 4 aromatic rings. The molecule has 2 amide bonds. The van der Waals surface area contributed by atoms with Gasteiger partial charge in [0.1, 0.15) is 0 Å². The van der Waals surface area contributed by atoms with Crippen molar-refractivity contribution in [3.05, 3.63) is 76.2 Å². The zero-order valence-corrected chi connectivity index (χ0v) is 21.2. The van der Waals surface area contributed by atoms with Crippen molar-refractivity contribution in [3.8, 4) is 22.9 Å². The van der Waals surface area contributed by atoms with Crippen LogP contribution in [0, 0.1) is 6.92 Å². The molecule has 2 aromatic carbocycles. The van der Waals surface area contributed by atoms with Crippen LogP contribution >= 0.6 is 11.3 Å². The maximum Gasteiger partial charge on any atom is 0.282 e. The van der Waals surface area contributed by atoms with Crippen LogP contribution in [0.1, 0.15) is 25.7 Å². The van der Waals surface area contributed by atoms with E-state index in [0.29, 0.717) is 54.6 Å². The number of hydrogen-bond donors (Lipinski definition) is 0. The van der Waals surface area contributed by atoms with Gasteiger partial charge in [0.05, 0.1) is 0 Å². The first-order valence-corrected chi connectivity index (χ1v) is 13.2. The van der Waals surface area contributed by atoms with Gasteiger partial charge in [0.2, 0.25) is 11.8 Å². The second-order valence-electron chi connectivity index (χ2n) is 9.39. The fraction of sp³-hybridized carbons (Fsp3) is 0.296. The van der Waals surface area contributed by atoms with Gasteiger partial charge in [-0.3, -0.25) is 14.5 Å². The molecule has 4 heterocycles. The van der Waals surface area contributed by atoms with Gasteiger partial charge >= 0.3 is 0 Å². The number of thiazole rings is 1. The second kappa shape index (κ2) is 9.87. The van der Waals surface area contributed by atoms with Crippen molar-refractivity contribution in [1.29, 1.82) is 0 Å². The van der Waals surface area contributed by atoms with Crippen molar-refractivity contribution >= 4 is 23.2 Å². The molecule has 0 aliphatic carbocycles. The van der Waals surface area contributed by atoms with E-state index in [1.807, 2.05) is 70.6 Å². The van der Waals surface area contributed by atoms with E-state index in [9.17, 15) is 9.59 Å². The summed E-state index contributed by atoms with van der Waals surface area (Å²) in [6.45, 7) is 6.43. The van der Waals surface area contributed by atoms with Crippen LogP contribution in [-0.2, 0) is 0 Å². The average Bonchev–Trinajstić information content (AvgIpc) is 3.62. The van der Waals surface area contributed by atoms with Gasteiger partial charge in [-0.25, -0.2) is 4.98 Å². The van der Waals surface area contributed by atoms with Crippen molar-refractivity contribution in [2.75, 3.05) is 39.3 Å². The average molecular weight is 515 g/mol. The summed E-state index contributed by atoms with van der Waals surface area (Å²) < 4.78 is 5.85. The molecule has 0 unspecified atom stereocenters. The molecule has 9 nitrogen and oxygen atoms in total. The monoisotopic (exact) mass is 514 g/mol. The van der Waals surface area contributed by atoms with Gasteiger partial charge in [-0.2, -0.15) is 0 Å². The Morgan fingerprint density at radius 1 is 0.838 bits per heavy atom. The zero-order chi connectivity index (χ0) is 25.4. The third kappa shape index (κ3) is 4.77. The first-order valence-electron chi connectivity index (χ1n) is 12.3. The molecule has 2 aliphatic heterocycles. The Morgan fingerprint density at radius 2 is 1.46 bits per heavy atom. The summed E-state index contributed by atoms with van der Waals surface area (Å²) in [6.07, 6.45) is 1.66. The van der Waals surface area contributed by atoms with Crippen LogP contribution < -0.4 is 0 Å². The maximum absolute atomic E-state index is 13.0. The Labute approximate surface area is 218 Å². The number of benzene rings is 2. The Balaban J connectivity index is 1.01. The van der Waals surface area contributed by atoms with Gasteiger partial charge < -0.3 is 14.2 Å². The lowest BCUT2D eigenvalue weighted by Crippen LogP contribution is -2.64. The van der Waals surface area contributed by atoms with E-state index < -0.39 is 0 Å². The predicted molar refractivity (Wildman–Crippen MR) is 139 cm³/mol. The number of aryl methyl sites for hydroxylation is 1. The molecule has 10 heteroatoms. The van der Waals surface area contributed by atoms with Gasteiger partial charge in [-0.15, -0.1) is 21.5 Å². The van der Waals surface area contributed by atoms with Gasteiger partial charge in [0.15, 0.2) is 5.01 Å². The minimum Gasteiger partial charge on any atom is -0.416 e. The smallest absolute Gasteiger partial charge is 0.282 e. The lowest BCUT2D eigenvalue weighted by atomic mass is 10.0. The van der Waals surface area contributed by atoms with Crippen molar-refractivity contribution in [3.63, 3.8) is 0 Å². The summed E-state index contributed by atoms with van der Waals surface area (Å²) in [6, 6.07) is 15.6. The summed E-state index contributed by atoms with van der Waals surface area (Å²) in [7, 11) is 0. The molecule has 2 fully saturated rings. The molecule has 6 rings (SSSR count). The number of likely N-dealkylation sites (tertiary alicyclic amines) is 1. The molecular formula is C27H26N6O3S. The zero-order valence-electron chi connectivity index (χ0n) is 20.4. The SMILES string of the molecule is Cc1ccc(-c2nnc(-c3ccc(C(=O)N4CC(N5CCN(C(=O)c6nccs6)CC5)C4)cc3)o2)cc1. The summed E-state index contributed by atoms with van der Waals surface area (Å²) in [5, 5.41) is 10.7. The second-order valence-corrected chi connectivity index (χ2v) is 10.3. The number of piperazine rings is 1. The third-order valence-corrected chi connectivity index (χ3v) is 7.75. The van der Waals surface area contributed by atoms with Gasteiger partial charge in [-0.05, 0) is 43.3 Å². The summed E-state index contributed by atoms with van der Waals surface area (Å²) in [5.41, 5.74) is 3.45. The van der Waals surface area contributed by atoms with E-state index in [4.69, 9.17) is 4.42 Å². The lowest BCUT2D eigenvalue weighted by Gasteiger charge is -2.48. The largest absolute Gasteiger partial charge is 0.416 e. The topological polar surface area (TPSA) is 95.7 Å². The molecule has 37 heavy (non-hydrogen) atoms. The van der Waals surface area contributed by atoms with Crippen molar-refractivity contribution < 1.29 is 14.0 Å². The summed E-state index contributed by atoms with van der Waals surface area (Å²) in [5.74, 6) is 0.919. The Kier molecular flexibility index (Phi) is 6.27. The van der Waals surface area contributed by atoms with Crippen LogP contribution in [0.3, 0.4) is 0 Å². The third-order valence-electron chi connectivity index (χ3n) is 6.98. The Hall–Kier alpha value is -3.89. The highest BCUT2D eigenvalue weighted by atomic mass is 32.1. The highest BCUT2D eigenvalue weighted by Crippen LogP contribution is 2.26. The molecule has 188 valence electrons. The van der Waals surface area contributed by atoms with Crippen molar-refractivity contribution in [1.82, 2.24) is 29.9 Å². The number of carbonyl (C=O) groups is 2. The van der Waals surface area contributed by atoms with E-state index in [1.165, 1.54) is 16.9 Å². The van der Waals surface area contributed by atoms with Crippen LogP contribution in [-0.4, -0.2) is 87.0 Å². The molecule has 0 spiro atoms. The number of rotatable bonds is 5. The normalized spacial score (nSPS) is 16.6. The summed E-state index contributed by atoms with van der Waals surface area (Å²) >= 11 is 1.38. The van der Waals surface area contributed by atoms with Gasteiger partial charge in [0, 0.05) is 73.6 Å². The minimum atomic E-state index is 0.00964. The quantitative estimate of drug-likeness (QED) is 0.403. The molecule has 0 atom stereocenters. The fourth-order valence-electron chi connectivity index (χ4n) is 4.70. The molecule has 2 aromatic heterocycles. The Morgan fingerprint density at radius 3 is 2.05 bits per heavy atom. The molecule has 0 N–H and O–H groups in total. The highest BCUT2D eigenvalue weighted by Gasteiger charge is 2.37. The van der Waals surface area contributed by atoms with Crippen molar-refractivity contribution in [2.24, 2.45) is 0 Å². The molecule has 0 saturated carbocycles. The van der Waals surface area contributed by atoms with Gasteiger partial charge in [0.25, 0.3) is 11.8 Å². The maximum atomic E-state index is 13.0.